The van der Waals surface area contributed by atoms with Crippen molar-refractivity contribution in [3.05, 3.63) is 95.1 Å². The van der Waals surface area contributed by atoms with Crippen molar-refractivity contribution in [2.24, 2.45) is 0 Å². The Hall–Kier alpha value is -3.76. The lowest BCUT2D eigenvalue weighted by molar-refractivity contribution is -0.141. The molecule has 1 amide bonds. The molecule has 0 fully saturated rings. The van der Waals surface area contributed by atoms with E-state index in [1.807, 2.05) is 42.5 Å². The van der Waals surface area contributed by atoms with E-state index in [0.717, 1.165) is 27.1 Å². The Morgan fingerprint density at radius 3 is 2.50 bits per heavy atom. The number of likely N-dealkylation sites (N-methyl/N-ethyl adjacent to an activating group) is 1. The summed E-state index contributed by atoms with van der Waals surface area (Å²) in [6, 6.07) is 17.8. The Bertz CT molecular complexity index is 1360. The van der Waals surface area contributed by atoms with Crippen LogP contribution in [0.2, 0.25) is 0 Å². The molecule has 3 N–H and O–H groups in total. The van der Waals surface area contributed by atoms with Crippen molar-refractivity contribution >= 4 is 16.7 Å². The third-order valence-electron chi connectivity index (χ3n) is 5.69. The standard InChI is InChI=1S/C26H25F4N5O/c1-31-11-12-32-15-19-13-20(9-10-22(19)27)35-23(14-24(34-35)26(28,29)30)25(36)33-16-18-7-4-6-17-5-2-3-8-21(17)18/h2-10,13-14,31-32H,11-12,15-16H2,1H3,(H,33,36). The van der Waals surface area contributed by atoms with Gasteiger partial charge < -0.3 is 16.0 Å². The van der Waals surface area contributed by atoms with E-state index in [2.05, 4.69) is 21.0 Å². The van der Waals surface area contributed by atoms with Gasteiger partial charge in [0.2, 0.25) is 0 Å². The van der Waals surface area contributed by atoms with E-state index in [9.17, 15) is 22.4 Å². The highest BCUT2D eigenvalue weighted by Gasteiger charge is 2.36. The van der Waals surface area contributed by atoms with Crippen molar-refractivity contribution in [2.75, 3.05) is 20.1 Å². The third kappa shape index (κ3) is 5.72. The lowest BCUT2D eigenvalue weighted by Gasteiger charge is -2.12. The number of halogens is 4. The van der Waals surface area contributed by atoms with Gasteiger partial charge in [-0.05, 0) is 41.6 Å². The number of hydrogen-bond donors (Lipinski definition) is 3. The summed E-state index contributed by atoms with van der Waals surface area (Å²) >= 11 is 0. The SMILES string of the molecule is CNCCNCc1cc(-n2nc(C(F)(F)F)cc2C(=O)NCc2cccc3ccccc23)ccc1F. The second-order valence-electron chi connectivity index (χ2n) is 8.20. The van der Waals surface area contributed by atoms with Gasteiger partial charge in [0, 0.05) is 37.8 Å². The largest absolute Gasteiger partial charge is 0.435 e. The number of rotatable bonds is 9. The quantitative estimate of drug-likeness (QED) is 0.236. The Morgan fingerprint density at radius 1 is 0.944 bits per heavy atom. The van der Waals surface area contributed by atoms with Gasteiger partial charge >= 0.3 is 6.18 Å². The Kier molecular flexibility index (Phi) is 7.66. The summed E-state index contributed by atoms with van der Waals surface area (Å²) in [5.74, 6) is -1.25. The van der Waals surface area contributed by atoms with Crippen molar-refractivity contribution in [3.8, 4) is 5.69 Å². The molecule has 0 aliphatic heterocycles. The van der Waals surface area contributed by atoms with E-state index in [1.54, 1.807) is 7.05 Å². The van der Waals surface area contributed by atoms with Gasteiger partial charge in [-0.15, -0.1) is 0 Å². The van der Waals surface area contributed by atoms with Crippen LogP contribution < -0.4 is 16.0 Å². The Labute approximate surface area is 205 Å². The van der Waals surface area contributed by atoms with Crippen LogP contribution in [0.1, 0.15) is 27.3 Å². The van der Waals surface area contributed by atoms with Gasteiger partial charge in [0.25, 0.3) is 5.91 Å². The van der Waals surface area contributed by atoms with Crippen LogP contribution in [0.15, 0.2) is 66.7 Å². The molecule has 0 atom stereocenters. The number of nitrogens with zero attached hydrogens (tertiary/aromatic N) is 2. The van der Waals surface area contributed by atoms with Crippen molar-refractivity contribution < 1.29 is 22.4 Å². The summed E-state index contributed by atoms with van der Waals surface area (Å²) in [5, 5.41) is 14.2. The molecule has 0 spiro atoms. The van der Waals surface area contributed by atoms with Gasteiger partial charge in [-0.2, -0.15) is 18.3 Å². The van der Waals surface area contributed by atoms with E-state index in [0.29, 0.717) is 19.2 Å². The second-order valence-corrected chi connectivity index (χ2v) is 8.20. The second kappa shape index (κ2) is 10.9. The van der Waals surface area contributed by atoms with Crippen LogP contribution in [-0.4, -0.2) is 35.8 Å². The molecule has 0 saturated carbocycles. The number of hydrogen-bond acceptors (Lipinski definition) is 4. The van der Waals surface area contributed by atoms with Gasteiger partial charge in [-0.1, -0.05) is 42.5 Å². The van der Waals surface area contributed by atoms with Gasteiger partial charge in [0.15, 0.2) is 5.69 Å². The first-order valence-electron chi connectivity index (χ1n) is 11.3. The lowest BCUT2D eigenvalue weighted by atomic mass is 10.0. The molecule has 6 nitrogen and oxygen atoms in total. The number of carbonyl (C=O) groups is 1. The zero-order chi connectivity index (χ0) is 25.7. The van der Waals surface area contributed by atoms with Crippen LogP contribution in [0.25, 0.3) is 16.5 Å². The van der Waals surface area contributed by atoms with Crippen LogP contribution in [0.4, 0.5) is 17.6 Å². The van der Waals surface area contributed by atoms with E-state index < -0.39 is 23.6 Å². The number of benzene rings is 3. The van der Waals surface area contributed by atoms with Gasteiger partial charge in [0.1, 0.15) is 11.5 Å². The molecule has 0 radical (unpaired) electrons. The summed E-state index contributed by atoms with van der Waals surface area (Å²) in [5.41, 5.74) is -0.304. The van der Waals surface area contributed by atoms with Crippen LogP contribution in [-0.2, 0) is 19.3 Å². The molecule has 4 aromatic rings. The van der Waals surface area contributed by atoms with E-state index in [-0.39, 0.29) is 30.0 Å². The summed E-state index contributed by atoms with van der Waals surface area (Å²) in [6.07, 6.45) is -4.76. The Morgan fingerprint density at radius 2 is 1.72 bits per heavy atom. The Balaban J connectivity index is 1.63. The molecule has 0 unspecified atom stereocenters. The van der Waals surface area contributed by atoms with Gasteiger partial charge in [-0.25, -0.2) is 9.07 Å². The van der Waals surface area contributed by atoms with Gasteiger partial charge in [-0.3, -0.25) is 4.79 Å². The molecule has 0 bridgehead atoms. The fourth-order valence-electron chi connectivity index (χ4n) is 3.86. The summed E-state index contributed by atoms with van der Waals surface area (Å²) in [7, 11) is 1.78. The van der Waals surface area contributed by atoms with Crippen LogP contribution in [0.3, 0.4) is 0 Å². The number of fused-ring (bicyclic) bond motifs is 1. The minimum atomic E-state index is -4.76. The fourth-order valence-corrected chi connectivity index (χ4v) is 3.86. The van der Waals surface area contributed by atoms with Crippen molar-refractivity contribution in [1.82, 2.24) is 25.7 Å². The zero-order valence-corrected chi connectivity index (χ0v) is 19.5. The van der Waals surface area contributed by atoms with E-state index in [4.69, 9.17) is 0 Å². The number of aromatic nitrogens is 2. The number of nitrogens with one attached hydrogen (secondary N) is 3. The first-order chi connectivity index (χ1) is 17.3. The summed E-state index contributed by atoms with van der Waals surface area (Å²) in [6.45, 7) is 1.51. The lowest BCUT2D eigenvalue weighted by Crippen LogP contribution is -2.26. The average Bonchev–Trinajstić information content (AvgIpc) is 3.32. The number of alkyl halides is 3. The average molecular weight is 500 g/mol. The maximum absolute atomic E-state index is 14.3. The molecule has 4 rings (SSSR count). The fraction of sp³-hybridized carbons (Fsp3) is 0.231. The third-order valence-corrected chi connectivity index (χ3v) is 5.69. The first-order valence-corrected chi connectivity index (χ1v) is 11.3. The smallest absolute Gasteiger partial charge is 0.347 e. The summed E-state index contributed by atoms with van der Waals surface area (Å²) in [4.78, 5) is 13.1. The molecule has 0 saturated heterocycles. The van der Waals surface area contributed by atoms with E-state index in [1.165, 1.54) is 12.1 Å². The summed E-state index contributed by atoms with van der Waals surface area (Å²) < 4.78 is 55.7. The maximum atomic E-state index is 14.3. The first kappa shape index (κ1) is 25.3. The predicted molar refractivity (Wildman–Crippen MR) is 129 cm³/mol. The highest BCUT2D eigenvalue weighted by atomic mass is 19.4. The minimum Gasteiger partial charge on any atom is -0.347 e. The predicted octanol–water partition coefficient (Wildman–Crippen LogP) is 4.42. The van der Waals surface area contributed by atoms with E-state index >= 15 is 0 Å². The minimum absolute atomic E-state index is 0.108. The maximum Gasteiger partial charge on any atom is 0.435 e. The molecule has 1 aromatic heterocycles. The van der Waals surface area contributed by atoms with Crippen LogP contribution >= 0.6 is 0 Å². The number of carbonyl (C=O) groups excluding carboxylic acids is 1. The van der Waals surface area contributed by atoms with Crippen molar-refractivity contribution in [2.45, 2.75) is 19.3 Å². The molecule has 1 heterocycles. The highest BCUT2D eigenvalue weighted by Crippen LogP contribution is 2.30. The molecule has 188 valence electrons. The monoisotopic (exact) mass is 499 g/mol. The highest BCUT2D eigenvalue weighted by molar-refractivity contribution is 5.94. The molecule has 0 aliphatic carbocycles. The van der Waals surface area contributed by atoms with Crippen LogP contribution in [0.5, 0.6) is 0 Å². The molecular formula is C26H25F4N5O. The van der Waals surface area contributed by atoms with Gasteiger partial charge in [0.05, 0.1) is 5.69 Å². The molecule has 36 heavy (non-hydrogen) atoms. The van der Waals surface area contributed by atoms with Crippen molar-refractivity contribution in [1.29, 1.82) is 0 Å². The van der Waals surface area contributed by atoms with Crippen molar-refractivity contribution in [3.63, 3.8) is 0 Å². The molecule has 10 heteroatoms. The van der Waals surface area contributed by atoms with Crippen LogP contribution in [0, 0.1) is 5.82 Å². The molecular weight excluding hydrogens is 474 g/mol. The molecule has 3 aromatic carbocycles. The normalized spacial score (nSPS) is 11.7. The molecule has 0 aliphatic rings. The zero-order valence-electron chi connectivity index (χ0n) is 19.5. The number of amides is 1. The topological polar surface area (TPSA) is 71.0 Å².